The molecule has 2 fully saturated rings. The quantitative estimate of drug-likeness (QED) is 0.134. The summed E-state index contributed by atoms with van der Waals surface area (Å²) in [5.41, 5.74) is 4.43. The molecule has 3 N–H and O–H groups in total. The van der Waals surface area contributed by atoms with Crippen LogP contribution in [-0.4, -0.2) is 126 Å². The molecule has 3 aliphatic heterocycles. The molecule has 0 saturated carbocycles. The minimum atomic E-state index is -0.448. The molecule has 2 amide bonds. The number of β-amino-alcohol motifs (C(OH)–C–C–N with tert-alkyl or cyclic N) is 1. The highest BCUT2D eigenvalue weighted by Gasteiger charge is 2.34. The van der Waals surface area contributed by atoms with Gasteiger partial charge in [0, 0.05) is 68.8 Å². The second-order valence-corrected chi connectivity index (χ2v) is 15.6. The Bertz CT molecular complexity index is 2640. The number of rotatable bonds is 14. The fourth-order valence-electron chi connectivity index (χ4n) is 8.10. The number of nitrogens with one attached hydrogen (secondary N) is 2. The molecular weight excluding hydrogens is 833 g/mol. The molecule has 6 aromatic rings. The molecule has 7 heterocycles. The van der Waals surface area contributed by atoms with Gasteiger partial charge in [0.05, 0.1) is 50.3 Å². The molecule has 3 atom stereocenters. The molecule has 19 nitrogen and oxygen atoms in total. The van der Waals surface area contributed by atoms with Gasteiger partial charge in [0.25, 0.3) is 5.91 Å². The van der Waals surface area contributed by atoms with E-state index in [1.165, 1.54) is 0 Å². The second-order valence-electron chi connectivity index (χ2n) is 15.6. The Kier molecular flexibility index (Phi) is 13.9. The Morgan fingerprint density at radius 1 is 0.892 bits per heavy atom. The van der Waals surface area contributed by atoms with Crippen molar-refractivity contribution in [2.45, 2.75) is 50.9 Å². The number of terminal acetylenes is 1. The molecule has 0 radical (unpaired) electrons. The van der Waals surface area contributed by atoms with Crippen LogP contribution in [0.1, 0.15) is 70.0 Å². The SMILES string of the molecule is C#Cc1cc(C2CCCN2C(=O)CNCc2ccc(OC)c(OC)c2)nc(-n2ccnc2)n1.Cc1cc(C2CC(O)CN2CCNC(=O)c2ccc3c(c2)OCO3)nc(-n2ccnc2)n1. The number of nitrogens with zero attached hydrogens (tertiary/aromatic N) is 10. The molecular formula is C46H50N12O7. The van der Waals surface area contributed by atoms with Gasteiger partial charge in [0.2, 0.25) is 24.6 Å². The fourth-order valence-corrected chi connectivity index (χ4v) is 8.10. The first-order valence-electron chi connectivity index (χ1n) is 21.2. The van der Waals surface area contributed by atoms with Crippen molar-refractivity contribution in [2.75, 3.05) is 53.7 Å². The largest absolute Gasteiger partial charge is 0.493 e. The van der Waals surface area contributed by atoms with Gasteiger partial charge in [-0.15, -0.1) is 6.42 Å². The van der Waals surface area contributed by atoms with Crippen molar-refractivity contribution < 1.29 is 33.6 Å². The van der Waals surface area contributed by atoms with Gasteiger partial charge in [-0.2, -0.15) is 0 Å². The van der Waals surface area contributed by atoms with Crippen LogP contribution < -0.4 is 29.6 Å². The van der Waals surface area contributed by atoms with Crippen LogP contribution in [0, 0.1) is 19.3 Å². The number of aryl methyl sites for hydroxylation is 1. The topological polar surface area (TPSA) is 209 Å². The van der Waals surface area contributed by atoms with E-state index in [4.69, 9.17) is 30.4 Å². The molecule has 0 bridgehead atoms. The van der Waals surface area contributed by atoms with Crippen molar-refractivity contribution in [1.82, 2.24) is 59.5 Å². The van der Waals surface area contributed by atoms with Gasteiger partial charge in [-0.3, -0.25) is 23.6 Å². The molecule has 19 heteroatoms. The Hall–Kier alpha value is -7.40. The highest BCUT2D eigenvalue weighted by molar-refractivity contribution is 5.94. The predicted octanol–water partition coefficient (Wildman–Crippen LogP) is 3.35. The van der Waals surface area contributed by atoms with Gasteiger partial charge in [0.15, 0.2) is 23.0 Å². The molecule has 2 aromatic carbocycles. The van der Waals surface area contributed by atoms with E-state index in [0.717, 1.165) is 35.5 Å². The van der Waals surface area contributed by atoms with E-state index in [-0.39, 0.29) is 37.2 Å². The second kappa shape index (κ2) is 20.4. The Morgan fingerprint density at radius 2 is 1.63 bits per heavy atom. The van der Waals surface area contributed by atoms with Crippen LogP contribution in [-0.2, 0) is 11.3 Å². The molecule has 0 spiro atoms. The van der Waals surface area contributed by atoms with Gasteiger partial charge in [-0.25, -0.2) is 29.9 Å². The summed E-state index contributed by atoms with van der Waals surface area (Å²) >= 11 is 0. The van der Waals surface area contributed by atoms with Crippen LogP contribution in [0.4, 0.5) is 0 Å². The van der Waals surface area contributed by atoms with Gasteiger partial charge in [-0.05, 0) is 74.2 Å². The maximum atomic E-state index is 13.0. The summed E-state index contributed by atoms with van der Waals surface area (Å²) in [6, 6.07) is 14.4. The van der Waals surface area contributed by atoms with E-state index in [0.29, 0.717) is 85.3 Å². The van der Waals surface area contributed by atoms with Gasteiger partial charge in [-0.1, -0.05) is 12.0 Å². The Morgan fingerprint density at radius 3 is 2.35 bits per heavy atom. The molecule has 0 aliphatic carbocycles. The highest BCUT2D eigenvalue weighted by Crippen LogP contribution is 2.34. The maximum Gasteiger partial charge on any atom is 0.251 e. The lowest BCUT2D eigenvalue weighted by Gasteiger charge is -2.25. The predicted molar refractivity (Wildman–Crippen MR) is 236 cm³/mol. The van der Waals surface area contributed by atoms with Gasteiger partial charge < -0.3 is 39.6 Å². The van der Waals surface area contributed by atoms with E-state index in [1.807, 2.05) is 36.1 Å². The minimum absolute atomic E-state index is 0.0167. The number of aliphatic hydroxyl groups is 1. The average Bonchev–Trinajstić information content (AvgIpc) is 4.19. The van der Waals surface area contributed by atoms with Crippen LogP contribution in [0.15, 0.2) is 86.0 Å². The number of fused-ring (bicyclic) bond motifs is 1. The van der Waals surface area contributed by atoms with Crippen molar-refractivity contribution in [3.63, 3.8) is 0 Å². The summed E-state index contributed by atoms with van der Waals surface area (Å²) < 4.78 is 24.7. The standard InChI is InChI=1S/C24H26N6O3.C22H24N6O4/c1-4-18-13-19(28-24(27-18)29-11-9-25-16-29)20-6-5-10-30(20)23(31)15-26-14-17-7-8-21(32-2)22(12-17)33-3;1-14-8-17(26-22(25-14)28-6-4-23-12-28)18-10-16(29)11-27(18)7-5-24-21(30)15-2-3-19-20(9-15)32-13-31-19/h1,7-9,11-13,16,20,26H,5-6,10,14-15H2,2-3H3;2-4,6,8-9,12,16,18,29H,5,7,10-11,13H2,1H3,(H,24,30). The van der Waals surface area contributed by atoms with E-state index in [9.17, 15) is 14.7 Å². The van der Waals surface area contributed by atoms with E-state index >= 15 is 0 Å². The van der Waals surface area contributed by atoms with Crippen molar-refractivity contribution in [3.05, 3.63) is 120 Å². The van der Waals surface area contributed by atoms with E-state index in [1.54, 1.807) is 85.1 Å². The summed E-state index contributed by atoms with van der Waals surface area (Å²) in [7, 11) is 3.20. The summed E-state index contributed by atoms with van der Waals surface area (Å²) in [6.45, 7) is 5.06. The third-order valence-electron chi connectivity index (χ3n) is 11.2. The fraction of sp³-hybridized carbons (Fsp3) is 0.348. The van der Waals surface area contributed by atoms with Crippen molar-refractivity contribution in [2.24, 2.45) is 0 Å². The van der Waals surface area contributed by atoms with Crippen LogP contribution in [0.2, 0.25) is 0 Å². The molecule has 2 saturated heterocycles. The number of carbonyl (C=O) groups excluding carboxylic acids is 2. The van der Waals surface area contributed by atoms with Crippen LogP contribution in [0.3, 0.4) is 0 Å². The number of aromatic nitrogens is 8. The number of imidazole rings is 2. The number of carbonyl (C=O) groups is 2. The number of amides is 2. The number of methoxy groups -OCH3 is 2. The summed E-state index contributed by atoms with van der Waals surface area (Å²) in [6.07, 6.45) is 17.7. The van der Waals surface area contributed by atoms with Crippen molar-refractivity contribution in [1.29, 1.82) is 0 Å². The number of benzene rings is 2. The van der Waals surface area contributed by atoms with Gasteiger partial charge in [0.1, 0.15) is 18.3 Å². The zero-order valence-electron chi connectivity index (χ0n) is 36.3. The average molecular weight is 883 g/mol. The third kappa shape index (κ3) is 10.5. The normalized spacial score (nSPS) is 17.6. The first kappa shape index (κ1) is 44.2. The number of hydrogen-bond acceptors (Lipinski definition) is 15. The number of aliphatic hydroxyl groups excluding tert-OH is 1. The van der Waals surface area contributed by atoms with Crippen LogP contribution in [0.5, 0.6) is 23.0 Å². The summed E-state index contributed by atoms with van der Waals surface area (Å²) in [4.78, 5) is 56.0. The molecule has 3 aliphatic rings. The van der Waals surface area contributed by atoms with Crippen LogP contribution >= 0.6 is 0 Å². The molecule has 9 rings (SSSR count). The van der Waals surface area contributed by atoms with Gasteiger partial charge >= 0.3 is 0 Å². The molecule has 4 aromatic heterocycles. The smallest absolute Gasteiger partial charge is 0.251 e. The summed E-state index contributed by atoms with van der Waals surface area (Å²) in [5, 5.41) is 16.5. The van der Waals surface area contributed by atoms with Crippen molar-refractivity contribution in [3.8, 4) is 47.2 Å². The van der Waals surface area contributed by atoms with E-state index < -0.39 is 6.10 Å². The molecule has 336 valence electrons. The first-order chi connectivity index (χ1) is 31.7. The zero-order chi connectivity index (χ0) is 45.3. The monoisotopic (exact) mass is 882 g/mol. The lowest BCUT2D eigenvalue weighted by Crippen LogP contribution is -2.38. The minimum Gasteiger partial charge on any atom is -0.493 e. The van der Waals surface area contributed by atoms with Crippen molar-refractivity contribution >= 4 is 11.8 Å². The first-order valence-corrected chi connectivity index (χ1v) is 21.2. The van der Waals surface area contributed by atoms with E-state index in [2.05, 4.69) is 46.4 Å². The number of likely N-dealkylation sites (tertiary alicyclic amines) is 2. The Labute approximate surface area is 375 Å². The maximum absolute atomic E-state index is 13.0. The lowest BCUT2D eigenvalue weighted by atomic mass is 10.1. The lowest BCUT2D eigenvalue weighted by molar-refractivity contribution is -0.131. The number of hydrogen-bond donors (Lipinski definition) is 3. The molecule has 65 heavy (non-hydrogen) atoms. The highest BCUT2D eigenvalue weighted by atomic mass is 16.7. The third-order valence-corrected chi connectivity index (χ3v) is 11.2. The Balaban J connectivity index is 0.000000177. The summed E-state index contributed by atoms with van der Waals surface area (Å²) in [5.74, 6) is 5.97. The van der Waals surface area contributed by atoms with Crippen LogP contribution in [0.25, 0.3) is 11.9 Å². The molecule has 3 unspecified atom stereocenters. The zero-order valence-corrected chi connectivity index (χ0v) is 36.3. The number of ether oxygens (including phenoxy) is 4.